The van der Waals surface area contributed by atoms with Crippen molar-refractivity contribution in [3.63, 3.8) is 0 Å². The van der Waals surface area contributed by atoms with Crippen LogP contribution in [0.1, 0.15) is 27.7 Å². The van der Waals surface area contributed by atoms with Gasteiger partial charge in [0.1, 0.15) is 0 Å². The Hall–Kier alpha value is -0.300. The van der Waals surface area contributed by atoms with Gasteiger partial charge < -0.3 is 4.48 Å². The molecular weight excluding hydrogens is 134 g/mol. The molecule has 0 aromatic heterocycles. The van der Waals surface area contributed by atoms with E-state index in [-0.39, 0.29) is 0 Å². The van der Waals surface area contributed by atoms with Crippen molar-refractivity contribution in [3.8, 4) is 0 Å². The fourth-order valence-corrected chi connectivity index (χ4v) is 0.912. The van der Waals surface area contributed by atoms with Crippen LogP contribution in [-0.2, 0) is 0 Å². The molecule has 0 aromatic rings. The van der Waals surface area contributed by atoms with Crippen molar-refractivity contribution in [2.45, 2.75) is 33.2 Å². The summed E-state index contributed by atoms with van der Waals surface area (Å²) >= 11 is 0. The number of likely N-dealkylation sites (N-methyl/N-ethyl adjacent to an activating group) is 1. The first-order chi connectivity index (χ1) is 4.67. The quantitative estimate of drug-likeness (QED) is 0.425. The van der Waals surface area contributed by atoms with Crippen LogP contribution in [0.4, 0.5) is 0 Å². The van der Waals surface area contributed by atoms with Crippen LogP contribution in [0.5, 0.6) is 0 Å². The van der Waals surface area contributed by atoms with E-state index in [0.29, 0.717) is 5.54 Å². The Morgan fingerprint density at radius 3 is 1.73 bits per heavy atom. The largest absolute Gasteiger partial charge is 0.321 e. The summed E-state index contributed by atoms with van der Waals surface area (Å²) in [5.41, 5.74) is 1.56. The maximum absolute atomic E-state index is 3.94. The molecule has 0 atom stereocenters. The van der Waals surface area contributed by atoms with Gasteiger partial charge in [0.15, 0.2) is 0 Å². The molecular formula is C10H22N+. The van der Waals surface area contributed by atoms with Gasteiger partial charge in [0.2, 0.25) is 0 Å². The zero-order chi connectivity index (χ0) is 9.28. The van der Waals surface area contributed by atoms with Gasteiger partial charge in [-0.3, -0.25) is 0 Å². The standard InChI is InChI=1S/C10H22N/c1-9(2)8-11(6,7)10(3,4)5/h1,8H2,2-7H3/q+1. The first-order valence-corrected chi connectivity index (χ1v) is 4.14. The highest BCUT2D eigenvalue weighted by Gasteiger charge is 2.30. The highest BCUT2D eigenvalue weighted by atomic mass is 15.4. The zero-order valence-corrected chi connectivity index (χ0v) is 8.86. The molecule has 0 aliphatic rings. The Bertz CT molecular complexity index is 149. The first kappa shape index (κ1) is 10.7. The zero-order valence-electron chi connectivity index (χ0n) is 8.86. The average Bonchev–Trinajstić information content (AvgIpc) is 1.56. The van der Waals surface area contributed by atoms with E-state index in [9.17, 15) is 0 Å². The van der Waals surface area contributed by atoms with E-state index in [4.69, 9.17) is 0 Å². The molecule has 0 saturated heterocycles. The van der Waals surface area contributed by atoms with Gasteiger partial charge >= 0.3 is 0 Å². The van der Waals surface area contributed by atoms with Gasteiger partial charge in [-0.25, -0.2) is 0 Å². The molecule has 1 heteroatoms. The lowest BCUT2D eigenvalue weighted by Crippen LogP contribution is -2.54. The second-order valence-corrected chi connectivity index (χ2v) is 4.97. The topological polar surface area (TPSA) is 0 Å². The van der Waals surface area contributed by atoms with Crippen LogP contribution < -0.4 is 0 Å². The van der Waals surface area contributed by atoms with E-state index in [2.05, 4.69) is 48.4 Å². The fraction of sp³-hybridized carbons (Fsp3) is 0.800. The van der Waals surface area contributed by atoms with Gasteiger partial charge in [-0.05, 0) is 33.3 Å². The van der Waals surface area contributed by atoms with Crippen LogP contribution in [0.15, 0.2) is 12.2 Å². The summed E-state index contributed by atoms with van der Waals surface area (Å²) in [7, 11) is 4.49. The van der Waals surface area contributed by atoms with Gasteiger partial charge in [0.05, 0.1) is 26.2 Å². The number of hydrogen-bond acceptors (Lipinski definition) is 0. The van der Waals surface area contributed by atoms with Crippen molar-refractivity contribution in [2.75, 3.05) is 20.6 Å². The van der Waals surface area contributed by atoms with E-state index in [1.807, 2.05) is 0 Å². The third-order valence-electron chi connectivity index (χ3n) is 2.48. The molecule has 0 aliphatic heterocycles. The third-order valence-corrected chi connectivity index (χ3v) is 2.48. The van der Waals surface area contributed by atoms with Crippen LogP contribution in [0.3, 0.4) is 0 Å². The smallest absolute Gasteiger partial charge is 0.0997 e. The van der Waals surface area contributed by atoms with E-state index < -0.39 is 0 Å². The molecule has 0 aromatic carbocycles. The molecule has 0 rings (SSSR count). The molecule has 0 heterocycles. The van der Waals surface area contributed by atoms with Crippen molar-refractivity contribution in [1.82, 2.24) is 0 Å². The van der Waals surface area contributed by atoms with Crippen molar-refractivity contribution in [3.05, 3.63) is 12.2 Å². The fourth-order valence-electron chi connectivity index (χ4n) is 0.912. The molecule has 11 heavy (non-hydrogen) atoms. The number of rotatable bonds is 2. The molecule has 0 bridgehead atoms. The summed E-state index contributed by atoms with van der Waals surface area (Å²) in [5.74, 6) is 0. The third kappa shape index (κ3) is 3.06. The number of hydrogen-bond donors (Lipinski definition) is 0. The predicted octanol–water partition coefficient (Wildman–Crippen LogP) is 2.44. The summed E-state index contributed by atoms with van der Waals surface area (Å²) in [6.07, 6.45) is 0. The molecule has 0 fully saturated rings. The number of nitrogens with zero attached hydrogens (tertiary/aromatic N) is 1. The number of quaternary nitrogens is 1. The molecule has 0 unspecified atom stereocenters. The summed E-state index contributed by atoms with van der Waals surface area (Å²) < 4.78 is 1.00. The minimum absolute atomic E-state index is 0.305. The summed E-state index contributed by atoms with van der Waals surface area (Å²) in [5, 5.41) is 0. The van der Waals surface area contributed by atoms with Crippen LogP contribution in [0.2, 0.25) is 0 Å². The van der Waals surface area contributed by atoms with Crippen LogP contribution in [-0.4, -0.2) is 30.7 Å². The average molecular weight is 156 g/mol. The van der Waals surface area contributed by atoms with E-state index in [0.717, 1.165) is 11.0 Å². The Morgan fingerprint density at radius 1 is 1.27 bits per heavy atom. The van der Waals surface area contributed by atoms with Crippen LogP contribution >= 0.6 is 0 Å². The lowest BCUT2D eigenvalue weighted by molar-refractivity contribution is -0.931. The Kier molecular flexibility index (Phi) is 2.90. The monoisotopic (exact) mass is 156 g/mol. The highest BCUT2D eigenvalue weighted by molar-refractivity contribution is 4.88. The van der Waals surface area contributed by atoms with Gasteiger partial charge in [0, 0.05) is 0 Å². The van der Waals surface area contributed by atoms with Gasteiger partial charge in [0.25, 0.3) is 0 Å². The molecule has 0 spiro atoms. The second-order valence-electron chi connectivity index (χ2n) is 4.97. The van der Waals surface area contributed by atoms with Gasteiger partial charge in [-0.1, -0.05) is 6.58 Å². The minimum Gasteiger partial charge on any atom is -0.321 e. The molecule has 0 amide bonds. The molecule has 0 aliphatic carbocycles. The second kappa shape index (κ2) is 2.98. The highest BCUT2D eigenvalue weighted by Crippen LogP contribution is 2.20. The summed E-state index contributed by atoms with van der Waals surface area (Å²) in [4.78, 5) is 0. The molecule has 66 valence electrons. The van der Waals surface area contributed by atoms with E-state index in [1.54, 1.807) is 0 Å². The summed E-state index contributed by atoms with van der Waals surface area (Å²) in [6, 6.07) is 0. The lowest BCUT2D eigenvalue weighted by Gasteiger charge is -2.42. The van der Waals surface area contributed by atoms with Gasteiger partial charge in [-0.2, -0.15) is 0 Å². The Morgan fingerprint density at radius 2 is 1.64 bits per heavy atom. The van der Waals surface area contributed by atoms with Crippen molar-refractivity contribution in [2.24, 2.45) is 0 Å². The predicted molar refractivity (Wildman–Crippen MR) is 51.5 cm³/mol. The van der Waals surface area contributed by atoms with Crippen LogP contribution in [0, 0.1) is 0 Å². The SMILES string of the molecule is C=C(C)C[N+](C)(C)C(C)(C)C. The van der Waals surface area contributed by atoms with E-state index >= 15 is 0 Å². The maximum Gasteiger partial charge on any atom is 0.0997 e. The molecule has 0 saturated carbocycles. The summed E-state index contributed by atoms with van der Waals surface area (Å²) in [6.45, 7) is 13.9. The van der Waals surface area contributed by atoms with Crippen LogP contribution in [0.25, 0.3) is 0 Å². The van der Waals surface area contributed by atoms with E-state index in [1.165, 1.54) is 5.57 Å². The lowest BCUT2D eigenvalue weighted by atomic mass is 10.0. The molecule has 0 N–H and O–H groups in total. The van der Waals surface area contributed by atoms with Crippen molar-refractivity contribution < 1.29 is 4.48 Å². The first-order valence-electron chi connectivity index (χ1n) is 4.14. The normalized spacial score (nSPS) is 13.3. The maximum atomic E-state index is 3.94. The van der Waals surface area contributed by atoms with Crippen molar-refractivity contribution >= 4 is 0 Å². The van der Waals surface area contributed by atoms with Crippen molar-refractivity contribution in [1.29, 1.82) is 0 Å². The molecule has 0 radical (unpaired) electrons. The Labute approximate surface area is 71.3 Å². The Balaban J connectivity index is 4.34. The minimum atomic E-state index is 0.305. The molecule has 1 nitrogen and oxygen atoms in total. The van der Waals surface area contributed by atoms with Gasteiger partial charge in [-0.15, -0.1) is 0 Å².